The van der Waals surface area contributed by atoms with Crippen LogP contribution >= 0.6 is 23.4 Å². The lowest BCUT2D eigenvalue weighted by atomic mass is 10.2. The summed E-state index contributed by atoms with van der Waals surface area (Å²) >= 11 is 7.52. The quantitative estimate of drug-likeness (QED) is 0.825. The third-order valence-corrected chi connectivity index (χ3v) is 4.65. The van der Waals surface area contributed by atoms with Crippen LogP contribution in [0.1, 0.15) is 5.56 Å². The summed E-state index contributed by atoms with van der Waals surface area (Å²) in [5.41, 5.74) is 1.47. The standard InChI is InChI=1S/C17H11ClN2O3S/c18-12-8-14-13(22-9-23-14)6-10(12)7-15-16(21)20-17(24-15)19-11-4-2-1-3-5-11/h1-8H,9H2,(H,19,20,21)/b15-7-. The van der Waals surface area contributed by atoms with Crippen LogP contribution in [0, 0.1) is 0 Å². The maximum atomic E-state index is 12.1. The number of halogens is 1. The van der Waals surface area contributed by atoms with Crippen LogP contribution in [0.5, 0.6) is 11.5 Å². The average Bonchev–Trinajstić information content (AvgIpc) is 3.15. The van der Waals surface area contributed by atoms with E-state index in [4.69, 9.17) is 21.1 Å². The van der Waals surface area contributed by atoms with Crippen LogP contribution in [-0.4, -0.2) is 17.9 Å². The Balaban J connectivity index is 1.62. The minimum absolute atomic E-state index is 0.175. The van der Waals surface area contributed by atoms with Crippen molar-refractivity contribution in [3.8, 4) is 11.5 Å². The van der Waals surface area contributed by atoms with Gasteiger partial charge < -0.3 is 14.8 Å². The number of amides is 1. The normalized spacial score (nSPS) is 19.1. The molecule has 1 fully saturated rings. The Morgan fingerprint density at radius 1 is 1.17 bits per heavy atom. The number of hydrogen-bond donors (Lipinski definition) is 1. The number of thioether (sulfide) groups is 1. The SMILES string of the molecule is O=C1NC(=Nc2ccccc2)S/C1=C\c1cc2c(cc1Cl)OCO2. The summed E-state index contributed by atoms with van der Waals surface area (Å²) in [6.07, 6.45) is 1.72. The van der Waals surface area contributed by atoms with E-state index < -0.39 is 0 Å². The van der Waals surface area contributed by atoms with Crippen molar-refractivity contribution in [1.82, 2.24) is 5.32 Å². The highest BCUT2D eigenvalue weighted by Crippen LogP contribution is 2.38. The van der Waals surface area contributed by atoms with E-state index in [1.54, 1.807) is 18.2 Å². The molecule has 2 heterocycles. The predicted octanol–water partition coefficient (Wildman–Crippen LogP) is 3.96. The summed E-state index contributed by atoms with van der Waals surface area (Å²) in [6, 6.07) is 12.9. The van der Waals surface area contributed by atoms with Crippen molar-refractivity contribution in [2.75, 3.05) is 6.79 Å². The molecule has 0 saturated carbocycles. The van der Waals surface area contributed by atoms with Crippen molar-refractivity contribution in [2.45, 2.75) is 0 Å². The van der Waals surface area contributed by atoms with E-state index in [-0.39, 0.29) is 12.7 Å². The van der Waals surface area contributed by atoms with Gasteiger partial charge in [0.15, 0.2) is 16.7 Å². The minimum atomic E-state index is -0.205. The number of amidine groups is 1. The van der Waals surface area contributed by atoms with Gasteiger partial charge in [-0.1, -0.05) is 29.8 Å². The summed E-state index contributed by atoms with van der Waals surface area (Å²) in [5.74, 6) is 1.02. The molecule has 2 aromatic carbocycles. The smallest absolute Gasteiger partial charge is 0.264 e. The molecule has 0 bridgehead atoms. The number of fused-ring (bicyclic) bond motifs is 1. The zero-order valence-electron chi connectivity index (χ0n) is 12.3. The van der Waals surface area contributed by atoms with Crippen LogP contribution in [0.25, 0.3) is 6.08 Å². The predicted molar refractivity (Wildman–Crippen MR) is 94.8 cm³/mol. The summed E-state index contributed by atoms with van der Waals surface area (Å²) < 4.78 is 10.6. The van der Waals surface area contributed by atoms with Gasteiger partial charge in [-0.25, -0.2) is 4.99 Å². The highest BCUT2D eigenvalue weighted by molar-refractivity contribution is 8.18. The Bertz CT molecular complexity index is 881. The topological polar surface area (TPSA) is 59.9 Å². The molecule has 1 saturated heterocycles. The van der Waals surface area contributed by atoms with Gasteiger partial charge in [-0.15, -0.1) is 0 Å². The molecule has 1 amide bonds. The number of nitrogens with one attached hydrogen (secondary N) is 1. The molecule has 0 aliphatic carbocycles. The molecule has 1 N–H and O–H groups in total. The molecular formula is C17H11ClN2O3S. The molecule has 0 unspecified atom stereocenters. The van der Waals surface area contributed by atoms with E-state index in [0.29, 0.717) is 32.2 Å². The molecule has 0 spiro atoms. The van der Waals surface area contributed by atoms with Crippen molar-refractivity contribution in [3.05, 3.63) is 58.0 Å². The first-order chi connectivity index (χ1) is 11.7. The number of carbonyl (C=O) groups is 1. The van der Waals surface area contributed by atoms with E-state index in [1.165, 1.54) is 11.8 Å². The summed E-state index contributed by atoms with van der Waals surface area (Å²) in [7, 11) is 0. The maximum absolute atomic E-state index is 12.1. The van der Waals surface area contributed by atoms with E-state index in [0.717, 1.165) is 5.69 Å². The Labute approximate surface area is 147 Å². The second-order valence-corrected chi connectivity index (χ2v) is 6.48. The van der Waals surface area contributed by atoms with E-state index in [1.807, 2.05) is 30.3 Å². The van der Waals surface area contributed by atoms with Gasteiger partial charge in [0.1, 0.15) is 0 Å². The highest BCUT2D eigenvalue weighted by atomic mass is 35.5. The molecule has 5 nitrogen and oxygen atoms in total. The second-order valence-electron chi connectivity index (χ2n) is 5.04. The third kappa shape index (κ3) is 2.98. The van der Waals surface area contributed by atoms with Gasteiger partial charge in [0, 0.05) is 6.07 Å². The molecule has 2 aromatic rings. The number of para-hydroxylation sites is 1. The number of hydrogen-bond acceptors (Lipinski definition) is 5. The van der Waals surface area contributed by atoms with Crippen LogP contribution < -0.4 is 14.8 Å². The number of benzene rings is 2. The summed E-state index contributed by atoms with van der Waals surface area (Å²) in [5, 5.41) is 3.78. The van der Waals surface area contributed by atoms with Crippen LogP contribution in [0.15, 0.2) is 52.4 Å². The Kier molecular flexibility index (Phi) is 3.92. The van der Waals surface area contributed by atoms with Gasteiger partial charge in [0.2, 0.25) is 6.79 Å². The molecule has 7 heteroatoms. The number of rotatable bonds is 2. The van der Waals surface area contributed by atoms with Gasteiger partial charge >= 0.3 is 0 Å². The van der Waals surface area contributed by atoms with Crippen molar-refractivity contribution in [3.63, 3.8) is 0 Å². The molecule has 0 radical (unpaired) electrons. The average molecular weight is 359 g/mol. The van der Waals surface area contributed by atoms with Gasteiger partial charge in [-0.3, -0.25) is 4.79 Å². The molecule has 0 aromatic heterocycles. The van der Waals surface area contributed by atoms with Crippen LogP contribution in [0.3, 0.4) is 0 Å². The molecule has 2 aliphatic rings. The molecule has 0 atom stereocenters. The van der Waals surface area contributed by atoms with Crippen LogP contribution in [0.4, 0.5) is 5.69 Å². The van der Waals surface area contributed by atoms with E-state index >= 15 is 0 Å². The zero-order chi connectivity index (χ0) is 16.5. The molecule has 120 valence electrons. The van der Waals surface area contributed by atoms with Gasteiger partial charge in [0.25, 0.3) is 5.91 Å². The fourth-order valence-corrected chi connectivity index (χ4v) is 3.33. The van der Waals surface area contributed by atoms with E-state index in [9.17, 15) is 4.79 Å². The van der Waals surface area contributed by atoms with Crippen molar-refractivity contribution in [2.24, 2.45) is 4.99 Å². The van der Waals surface area contributed by atoms with Crippen LogP contribution in [0.2, 0.25) is 5.02 Å². The molecule has 2 aliphatic heterocycles. The Hall–Kier alpha value is -2.44. The number of ether oxygens (including phenoxy) is 2. The van der Waals surface area contributed by atoms with Gasteiger partial charge in [-0.05, 0) is 41.6 Å². The lowest BCUT2D eigenvalue weighted by molar-refractivity contribution is -0.115. The van der Waals surface area contributed by atoms with E-state index in [2.05, 4.69) is 10.3 Å². The van der Waals surface area contributed by atoms with Gasteiger partial charge in [-0.2, -0.15) is 0 Å². The molecule has 4 rings (SSSR count). The Morgan fingerprint density at radius 2 is 1.92 bits per heavy atom. The zero-order valence-corrected chi connectivity index (χ0v) is 13.9. The fraction of sp³-hybridized carbons (Fsp3) is 0.0588. The molecule has 24 heavy (non-hydrogen) atoms. The first-order valence-corrected chi connectivity index (χ1v) is 8.32. The van der Waals surface area contributed by atoms with Crippen molar-refractivity contribution < 1.29 is 14.3 Å². The number of nitrogens with zero attached hydrogens (tertiary/aromatic N) is 1. The third-order valence-electron chi connectivity index (χ3n) is 3.42. The van der Waals surface area contributed by atoms with Crippen molar-refractivity contribution in [1.29, 1.82) is 0 Å². The molecular weight excluding hydrogens is 348 g/mol. The summed E-state index contributed by atoms with van der Waals surface area (Å²) in [4.78, 5) is 17.1. The lowest BCUT2D eigenvalue weighted by Crippen LogP contribution is -2.19. The second kappa shape index (κ2) is 6.22. The number of carbonyl (C=O) groups excluding carboxylic acids is 1. The highest BCUT2D eigenvalue weighted by Gasteiger charge is 2.25. The van der Waals surface area contributed by atoms with Gasteiger partial charge in [0.05, 0.1) is 15.6 Å². The monoisotopic (exact) mass is 358 g/mol. The lowest BCUT2D eigenvalue weighted by Gasteiger charge is -2.02. The Morgan fingerprint density at radius 3 is 2.71 bits per heavy atom. The largest absolute Gasteiger partial charge is 0.454 e. The maximum Gasteiger partial charge on any atom is 0.264 e. The minimum Gasteiger partial charge on any atom is -0.454 e. The fourth-order valence-electron chi connectivity index (χ4n) is 2.29. The first kappa shape index (κ1) is 15.1. The van der Waals surface area contributed by atoms with Crippen molar-refractivity contribution >= 4 is 46.2 Å². The summed E-state index contributed by atoms with van der Waals surface area (Å²) in [6.45, 7) is 0.175. The number of aliphatic imine (C=N–C) groups is 1. The first-order valence-electron chi connectivity index (χ1n) is 7.13. The van der Waals surface area contributed by atoms with Crippen LogP contribution in [-0.2, 0) is 4.79 Å².